The van der Waals surface area contributed by atoms with Crippen LogP contribution in [-0.2, 0) is 24.3 Å². The highest BCUT2D eigenvalue weighted by molar-refractivity contribution is 7.99. The van der Waals surface area contributed by atoms with Gasteiger partial charge in [-0.2, -0.15) is 0 Å². The number of hydrogen-bond donors (Lipinski definition) is 1. The number of carbonyl (C=O) groups excluding carboxylic acids is 1. The van der Waals surface area contributed by atoms with Gasteiger partial charge < -0.3 is 14.6 Å². The Morgan fingerprint density at radius 2 is 2.08 bits per heavy atom. The highest BCUT2D eigenvalue weighted by Crippen LogP contribution is 2.35. The second-order valence-electron chi connectivity index (χ2n) is 8.55. The molecule has 0 spiro atoms. The molecule has 6 rings (SSSR count). The minimum Gasteiger partial charge on any atom is -0.467 e. The van der Waals surface area contributed by atoms with Crippen LogP contribution in [0.25, 0.3) is 21.7 Å². The number of thiophene rings is 1. The van der Waals surface area contributed by atoms with E-state index in [1.807, 2.05) is 10.5 Å². The van der Waals surface area contributed by atoms with Crippen LogP contribution < -0.4 is 10.9 Å². The van der Waals surface area contributed by atoms with Gasteiger partial charge in [0, 0.05) is 23.0 Å². The number of fused-ring (bicyclic) bond motifs is 5. The molecule has 5 heterocycles. The first-order valence-corrected chi connectivity index (χ1v) is 13.5. The van der Waals surface area contributed by atoms with Crippen molar-refractivity contribution in [2.75, 3.05) is 19.3 Å². The van der Waals surface area contributed by atoms with Crippen molar-refractivity contribution in [1.82, 2.24) is 29.4 Å². The fraction of sp³-hybridized carbons (Fsp3) is 0.250. The summed E-state index contributed by atoms with van der Waals surface area (Å²) in [5.74, 6) is 1.09. The lowest BCUT2D eigenvalue weighted by Gasteiger charge is -2.21. The second kappa shape index (κ2) is 9.40. The lowest BCUT2D eigenvalue weighted by molar-refractivity contribution is -0.118. The molecule has 0 unspecified atom stereocenters. The second-order valence-corrected chi connectivity index (χ2v) is 11.0. The maximum absolute atomic E-state index is 13.9. The van der Waals surface area contributed by atoms with E-state index >= 15 is 0 Å². The van der Waals surface area contributed by atoms with Gasteiger partial charge in [0.05, 0.1) is 29.6 Å². The number of nitrogens with one attached hydrogen (secondary N) is 1. The third-order valence-corrected chi connectivity index (χ3v) is 8.51. The molecule has 0 bridgehead atoms. The molecule has 4 aromatic heterocycles. The van der Waals surface area contributed by atoms with E-state index in [-0.39, 0.29) is 17.2 Å². The Hall–Kier alpha value is -3.12. The zero-order valence-electron chi connectivity index (χ0n) is 19.2. The molecule has 1 amide bonds. The summed E-state index contributed by atoms with van der Waals surface area (Å²) in [6, 6.07) is 10.7. The molecule has 1 aliphatic rings. The smallest absolute Gasteiger partial charge is 0.268 e. The molecule has 0 fully saturated rings. The van der Waals surface area contributed by atoms with Crippen molar-refractivity contribution in [3.8, 4) is 5.69 Å². The topological polar surface area (TPSA) is 97.7 Å². The third kappa shape index (κ3) is 4.11. The molecule has 0 saturated heterocycles. The van der Waals surface area contributed by atoms with Crippen LogP contribution in [0.2, 0.25) is 5.02 Å². The minimum absolute atomic E-state index is 0.123. The molecule has 36 heavy (non-hydrogen) atoms. The molecule has 1 N–H and O–H groups in total. The van der Waals surface area contributed by atoms with Crippen LogP contribution in [0.15, 0.2) is 57.0 Å². The molecular formula is C24H21ClN6O3S2. The molecule has 0 atom stereocenters. The van der Waals surface area contributed by atoms with Gasteiger partial charge >= 0.3 is 0 Å². The first kappa shape index (κ1) is 23.3. The molecule has 12 heteroatoms. The van der Waals surface area contributed by atoms with Crippen LogP contribution in [0.1, 0.15) is 16.2 Å². The van der Waals surface area contributed by atoms with Crippen molar-refractivity contribution in [1.29, 1.82) is 0 Å². The molecule has 9 nitrogen and oxygen atoms in total. The van der Waals surface area contributed by atoms with Crippen LogP contribution in [0.5, 0.6) is 0 Å². The summed E-state index contributed by atoms with van der Waals surface area (Å²) in [6.07, 6.45) is 2.37. The number of nitrogens with zero attached hydrogens (tertiary/aromatic N) is 5. The van der Waals surface area contributed by atoms with E-state index in [1.54, 1.807) is 52.5 Å². The Morgan fingerprint density at radius 1 is 1.25 bits per heavy atom. The minimum atomic E-state index is -0.150. The summed E-state index contributed by atoms with van der Waals surface area (Å²) in [5, 5.41) is 13.4. The van der Waals surface area contributed by atoms with Gasteiger partial charge in [0.1, 0.15) is 10.6 Å². The summed E-state index contributed by atoms with van der Waals surface area (Å²) >= 11 is 8.98. The Kier molecular flexibility index (Phi) is 6.08. The van der Waals surface area contributed by atoms with E-state index < -0.39 is 0 Å². The van der Waals surface area contributed by atoms with Gasteiger partial charge in [-0.15, -0.1) is 21.5 Å². The number of thioether (sulfide) groups is 1. The fourth-order valence-corrected chi connectivity index (χ4v) is 6.74. The van der Waals surface area contributed by atoms with E-state index in [9.17, 15) is 9.59 Å². The van der Waals surface area contributed by atoms with Crippen LogP contribution in [0, 0.1) is 0 Å². The van der Waals surface area contributed by atoms with Gasteiger partial charge in [0.2, 0.25) is 11.7 Å². The number of amides is 1. The predicted molar refractivity (Wildman–Crippen MR) is 140 cm³/mol. The maximum Gasteiger partial charge on any atom is 0.268 e. The van der Waals surface area contributed by atoms with Gasteiger partial charge in [0.25, 0.3) is 5.56 Å². The highest BCUT2D eigenvalue weighted by atomic mass is 35.5. The van der Waals surface area contributed by atoms with Crippen LogP contribution >= 0.6 is 34.7 Å². The van der Waals surface area contributed by atoms with E-state index in [1.165, 1.54) is 16.6 Å². The lowest BCUT2D eigenvalue weighted by Crippen LogP contribution is -2.27. The first-order chi connectivity index (χ1) is 17.5. The molecule has 1 aliphatic heterocycles. The number of furan rings is 1. The Morgan fingerprint density at radius 3 is 2.86 bits per heavy atom. The lowest BCUT2D eigenvalue weighted by atomic mass is 10.1. The first-order valence-electron chi connectivity index (χ1n) is 11.3. The number of carbonyl (C=O) groups is 1. The summed E-state index contributed by atoms with van der Waals surface area (Å²) in [7, 11) is 2.08. The predicted octanol–water partition coefficient (Wildman–Crippen LogP) is 3.74. The standard InChI is InChI=1S/C24H21ClN6O3S2/c1-29-9-8-17-18(12-29)36-22-20(17)21(33)30(15-6-4-14(25)5-7-15)23-27-28-24(31(22)23)35-13-19(32)26-11-16-3-2-10-34-16/h2-7,10H,8-9,11-13H2,1H3,(H,26,32). The normalized spacial score (nSPS) is 13.9. The van der Waals surface area contributed by atoms with Crippen molar-refractivity contribution in [3.05, 3.63) is 74.2 Å². The molecule has 5 aromatic rings. The molecule has 0 aliphatic carbocycles. The van der Waals surface area contributed by atoms with E-state index in [0.717, 1.165) is 29.9 Å². The zero-order chi connectivity index (χ0) is 24.8. The van der Waals surface area contributed by atoms with E-state index in [4.69, 9.17) is 16.0 Å². The Labute approximate surface area is 218 Å². The summed E-state index contributed by atoms with van der Waals surface area (Å²) < 4.78 is 8.75. The highest BCUT2D eigenvalue weighted by Gasteiger charge is 2.27. The molecule has 0 radical (unpaired) electrons. The van der Waals surface area contributed by atoms with E-state index in [0.29, 0.717) is 39.3 Å². The molecule has 0 saturated carbocycles. The average Bonchev–Trinajstić information content (AvgIpc) is 3.61. The van der Waals surface area contributed by atoms with Crippen molar-refractivity contribution in [3.63, 3.8) is 0 Å². The monoisotopic (exact) mass is 540 g/mol. The van der Waals surface area contributed by atoms with Crippen molar-refractivity contribution < 1.29 is 9.21 Å². The quantitative estimate of drug-likeness (QED) is 0.328. The van der Waals surface area contributed by atoms with Gasteiger partial charge in [0.15, 0.2) is 5.16 Å². The van der Waals surface area contributed by atoms with Crippen LogP contribution in [0.4, 0.5) is 0 Å². The van der Waals surface area contributed by atoms with Gasteiger partial charge in [-0.3, -0.25) is 9.59 Å². The number of hydrogen-bond acceptors (Lipinski definition) is 8. The zero-order valence-corrected chi connectivity index (χ0v) is 21.6. The third-order valence-electron chi connectivity index (χ3n) is 6.12. The van der Waals surface area contributed by atoms with Crippen molar-refractivity contribution in [2.24, 2.45) is 0 Å². The fourth-order valence-electron chi connectivity index (χ4n) is 4.38. The Balaban J connectivity index is 1.44. The average molecular weight is 541 g/mol. The molecular weight excluding hydrogens is 520 g/mol. The van der Waals surface area contributed by atoms with Crippen molar-refractivity contribution >= 4 is 56.6 Å². The van der Waals surface area contributed by atoms with Crippen molar-refractivity contribution in [2.45, 2.75) is 24.7 Å². The molecule has 1 aromatic carbocycles. The van der Waals surface area contributed by atoms with Crippen LogP contribution in [0.3, 0.4) is 0 Å². The number of benzene rings is 1. The summed E-state index contributed by atoms with van der Waals surface area (Å²) in [5.41, 5.74) is 1.62. The maximum atomic E-state index is 13.9. The summed E-state index contributed by atoms with van der Waals surface area (Å²) in [4.78, 5) is 30.6. The van der Waals surface area contributed by atoms with Gasteiger partial charge in [-0.05, 0) is 55.4 Å². The number of aromatic nitrogens is 4. The summed E-state index contributed by atoms with van der Waals surface area (Å²) in [6.45, 7) is 1.99. The number of halogens is 1. The van der Waals surface area contributed by atoms with Gasteiger partial charge in [-0.1, -0.05) is 23.4 Å². The number of rotatable bonds is 6. The largest absolute Gasteiger partial charge is 0.467 e. The van der Waals surface area contributed by atoms with Crippen LogP contribution in [-0.4, -0.2) is 49.3 Å². The molecule has 184 valence electrons. The SMILES string of the molecule is CN1CCc2c(sc3c2c(=O)n(-c2ccc(Cl)cc2)c2nnc(SCC(=O)NCc4ccco4)n32)C1. The van der Waals surface area contributed by atoms with Gasteiger partial charge in [-0.25, -0.2) is 8.97 Å². The van der Waals surface area contributed by atoms with E-state index in [2.05, 4.69) is 27.5 Å². The Bertz CT molecular complexity index is 1640. The number of likely N-dealkylation sites (N-methyl/N-ethyl adjacent to an activating group) is 1.